The van der Waals surface area contributed by atoms with E-state index in [2.05, 4.69) is 0 Å². The van der Waals surface area contributed by atoms with Crippen molar-refractivity contribution in [3.05, 3.63) is 65.9 Å². The van der Waals surface area contributed by atoms with Crippen LogP contribution in [0.4, 0.5) is 0 Å². The zero-order valence-electron chi connectivity index (χ0n) is 12.4. The molecule has 5 nitrogen and oxygen atoms in total. The number of carbonyl (C=O) groups is 1. The molecule has 0 amide bonds. The molecule has 1 aromatic heterocycles. The molecule has 3 rings (SSSR count). The van der Waals surface area contributed by atoms with Crippen molar-refractivity contribution in [1.29, 1.82) is 0 Å². The Labute approximate surface area is 133 Å². The Morgan fingerprint density at radius 1 is 1.09 bits per heavy atom. The second-order valence-corrected chi connectivity index (χ2v) is 7.14. The lowest BCUT2D eigenvalue weighted by Crippen LogP contribution is -2.06. The molecule has 118 valence electrons. The zero-order chi connectivity index (χ0) is 16.4. The number of hydrogen-bond donors (Lipinski definition) is 0. The second-order valence-electron chi connectivity index (χ2n) is 5.13. The van der Waals surface area contributed by atoms with Crippen LogP contribution in [0.3, 0.4) is 0 Å². The molecule has 3 aromatic rings. The summed E-state index contributed by atoms with van der Waals surface area (Å²) in [6.07, 6.45) is 1.09. The summed E-state index contributed by atoms with van der Waals surface area (Å²) >= 11 is 0. The summed E-state index contributed by atoms with van der Waals surface area (Å²) in [5.41, 5.74) is 0.904. The third kappa shape index (κ3) is 3.43. The number of sulfone groups is 1. The molecule has 23 heavy (non-hydrogen) atoms. The third-order valence-electron chi connectivity index (χ3n) is 3.32. The van der Waals surface area contributed by atoms with Gasteiger partial charge in [0.2, 0.25) is 0 Å². The second kappa shape index (κ2) is 5.89. The van der Waals surface area contributed by atoms with Gasteiger partial charge in [0.1, 0.15) is 18.0 Å². The van der Waals surface area contributed by atoms with Gasteiger partial charge in [-0.05, 0) is 30.3 Å². The summed E-state index contributed by atoms with van der Waals surface area (Å²) in [6, 6.07) is 15.0. The molecule has 0 bridgehead atoms. The van der Waals surface area contributed by atoms with Crippen LogP contribution in [-0.2, 0) is 21.2 Å². The Kier molecular flexibility index (Phi) is 3.92. The van der Waals surface area contributed by atoms with Gasteiger partial charge in [0.25, 0.3) is 0 Å². The van der Waals surface area contributed by atoms with Crippen LogP contribution in [0.2, 0.25) is 0 Å². The Balaban J connectivity index is 1.74. The summed E-state index contributed by atoms with van der Waals surface area (Å²) < 4.78 is 33.8. The minimum Gasteiger partial charge on any atom is -0.457 e. The normalized spacial score (nSPS) is 11.5. The van der Waals surface area contributed by atoms with Crippen LogP contribution in [0.25, 0.3) is 11.0 Å². The van der Waals surface area contributed by atoms with Gasteiger partial charge >= 0.3 is 5.97 Å². The molecule has 0 saturated carbocycles. The van der Waals surface area contributed by atoms with Crippen molar-refractivity contribution in [2.24, 2.45) is 0 Å². The summed E-state index contributed by atoms with van der Waals surface area (Å²) in [7, 11) is -3.37. The monoisotopic (exact) mass is 330 g/mol. The highest BCUT2D eigenvalue weighted by atomic mass is 32.2. The van der Waals surface area contributed by atoms with Crippen LogP contribution >= 0.6 is 0 Å². The van der Waals surface area contributed by atoms with Crippen LogP contribution in [0, 0.1) is 0 Å². The number of para-hydroxylation sites is 1. The van der Waals surface area contributed by atoms with E-state index in [-0.39, 0.29) is 17.1 Å². The maximum Gasteiger partial charge on any atom is 0.338 e. The van der Waals surface area contributed by atoms with Gasteiger partial charge < -0.3 is 9.15 Å². The van der Waals surface area contributed by atoms with E-state index < -0.39 is 15.8 Å². The highest BCUT2D eigenvalue weighted by Gasteiger charge is 2.13. The number of furan rings is 1. The van der Waals surface area contributed by atoms with Gasteiger partial charge in [0, 0.05) is 11.6 Å². The number of benzene rings is 2. The van der Waals surface area contributed by atoms with E-state index in [1.807, 2.05) is 24.3 Å². The van der Waals surface area contributed by atoms with Crippen LogP contribution < -0.4 is 0 Å². The largest absolute Gasteiger partial charge is 0.457 e. The Morgan fingerprint density at radius 2 is 1.87 bits per heavy atom. The molecule has 0 saturated heterocycles. The molecule has 0 N–H and O–H groups in total. The molecule has 0 radical (unpaired) electrons. The molecule has 0 fully saturated rings. The molecule has 1 heterocycles. The van der Waals surface area contributed by atoms with Gasteiger partial charge in [-0.3, -0.25) is 0 Å². The predicted molar refractivity (Wildman–Crippen MR) is 84.9 cm³/mol. The van der Waals surface area contributed by atoms with Gasteiger partial charge in [-0.2, -0.15) is 0 Å². The first-order valence-corrected chi connectivity index (χ1v) is 8.77. The fourth-order valence-electron chi connectivity index (χ4n) is 2.18. The molecule has 6 heteroatoms. The van der Waals surface area contributed by atoms with Crippen LogP contribution in [0.15, 0.2) is 63.9 Å². The summed E-state index contributed by atoms with van der Waals surface area (Å²) in [5.74, 6) is -0.0743. The lowest BCUT2D eigenvalue weighted by molar-refractivity contribution is 0.0447. The van der Waals surface area contributed by atoms with Gasteiger partial charge in [0.05, 0.1) is 10.5 Å². The van der Waals surface area contributed by atoms with Gasteiger partial charge in [-0.15, -0.1) is 0 Å². The molecule has 2 aromatic carbocycles. The molecular formula is C17H14O5S. The molecule has 0 aliphatic carbocycles. The average molecular weight is 330 g/mol. The number of ether oxygens (including phenoxy) is 1. The van der Waals surface area contributed by atoms with E-state index in [1.165, 1.54) is 24.3 Å². The molecule has 0 spiro atoms. The van der Waals surface area contributed by atoms with Crippen molar-refractivity contribution in [1.82, 2.24) is 0 Å². The van der Waals surface area contributed by atoms with Gasteiger partial charge in [-0.1, -0.05) is 24.3 Å². The van der Waals surface area contributed by atoms with Crippen LogP contribution in [0.5, 0.6) is 0 Å². The minimum absolute atomic E-state index is 0.0172. The maximum absolute atomic E-state index is 12.1. The fourth-order valence-corrected chi connectivity index (χ4v) is 2.85. The van der Waals surface area contributed by atoms with Crippen molar-refractivity contribution in [3.8, 4) is 0 Å². The van der Waals surface area contributed by atoms with Crippen molar-refractivity contribution in [2.45, 2.75) is 11.5 Å². The first-order valence-electron chi connectivity index (χ1n) is 6.88. The predicted octanol–water partition coefficient (Wildman–Crippen LogP) is 3.19. The SMILES string of the molecule is CS(=O)(=O)c1cccc(C(=O)OCc2cc3ccccc3o2)c1. The summed E-state index contributed by atoms with van der Waals surface area (Å²) in [5, 5.41) is 0.928. The topological polar surface area (TPSA) is 73.6 Å². The van der Waals surface area contributed by atoms with E-state index in [0.29, 0.717) is 5.76 Å². The lowest BCUT2D eigenvalue weighted by atomic mass is 10.2. The molecule has 0 aliphatic rings. The van der Waals surface area contributed by atoms with Crippen molar-refractivity contribution in [2.75, 3.05) is 6.26 Å². The van der Waals surface area contributed by atoms with Crippen LogP contribution in [0.1, 0.15) is 16.1 Å². The highest BCUT2D eigenvalue weighted by Crippen LogP contribution is 2.20. The van der Waals surface area contributed by atoms with Crippen molar-refractivity contribution < 1.29 is 22.4 Å². The first-order chi connectivity index (χ1) is 10.9. The molecule has 0 aliphatic heterocycles. The fraction of sp³-hybridized carbons (Fsp3) is 0.118. The molecular weight excluding hydrogens is 316 g/mol. The number of esters is 1. The lowest BCUT2D eigenvalue weighted by Gasteiger charge is -2.04. The van der Waals surface area contributed by atoms with Crippen molar-refractivity contribution >= 4 is 26.8 Å². The minimum atomic E-state index is -3.37. The Bertz CT molecular complexity index is 936. The van der Waals surface area contributed by atoms with E-state index in [1.54, 1.807) is 6.07 Å². The van der Waals surface area contributed by atoms with E-state index in [0.717, 1.165) is 17.2 Å². The zero-order valence-corrected chi connectivity index (χ0v) is 13.2. The maximum atomic E-state index is 12.1. The quantitative estimate of drug-likeness (QED) is 0.687. The van der Waals surface area contributed by atoms with Crippen molar-refractivity contribution in [3.63, 3.8) is 0 Å². The first kappa shape index (κ1) is 15.3. The number of carbonyl (C=O) groups excluding carboxylic acids is 1. The number of fused-ring (bicyclic) bond motifs is 1. The Hall–Kier alpha value is -2.60. The molecule has 0 unspecified atom stereocenters. The van der Waals surface area contributed by atoms with E-state index in [9.17, 15) is 13.2 Å². The van der Waals surface area contributed by atoms with E-state index in [4.69, 9.17) is 9.15 Å². The average Bonchev–Trinajstić information content (AvgIpc) is 2.95. The number of hydrogen-bond acceptors (Lipinski definition) is 5. The number of rotatable bonds is 4. The van der Waals surface area contributed by atoms with Gasteiger partial charge in [0.15, 0.2) is 9.84 Å². The third-order valence-corrected chi connectivity index (χ3v) is 4.43. The van der Waals surface area contributed by atoms with E-state index >= 15 is 0 Å². The Morgan fingerprint density at radius 3 is 2.61 bits per heavy atom. The standard InChI is InChI=1S/C17H14O5S/c1-23(19,20)15-7-4-6-13(10-15)17(18)21-11-14-9-12-5-2-3-8-16(12)22-14/h2-10H,11H2,1H3. The highest BCUT2D eigenvalue weighted by molar-refractivity contribution is 7.90. The smallest absolute Gasteiger partial charge is 0.338 e. The molecule has 0 atom stereocenters. The van der Waals surface area contributed by atoms with Gasteiger partial charge in [-0.25, -0.2) is 13.2 Å². The van der Waals surface area contributed by atoms with Crippen LogP contribution in [-0.4, -0.2) is 20.6 Å². The summed E-state index contributed by atoms with van der Waals surface area (Å²) in [4.78, 5) is 12.1. The summed E-state index contributed by atoms with van der Waals surface area (Å²) in [6.45, 7) is -0.0172.